The Morgan fingerprint density at radius 1 is 1.44 bits per heavy atom. The summed E-state index contributed by atoms with van der Waals surface area (Å²) in [6.07, 6.45) is 3.81. The fourth-order valence-corrected chi connectivity index (χ4v) is 2.91. The van der Waals surface area contributed by atoms with Gasteiger partial charge in [0.15, 0.2) is 0 Å². The van der Waals surface area contributed by atoms with Gasteiger partial charge in [0.1, 0.15) is 12.4 Å². The number of carbonyl (C=O) groups is 1. The van der Waals surface area contributed by atoms with Crippen LogP contribution in [0.15, 0.2) is 42.7 Å². The Labute approximate surface area is 146 Å². The normalized spacial score (nSPS) is 14.4. The van der Waals surface area contributed by atoms with Crippen molar-refractivity contribution < 1.29 is 14.6 Å². The number of aliphatic hydroxyl groups is 1. The van der Waals surface area contributed by atoms with Crippen LogP contribution in [-0.2, 0) is 11.4 Å². The largest absolute Gasteiger partial charge is 0.490 e. The van der Waals surface area contributed by atoms with E-state index in [0.29, 0.717) is 36.6 Å². The lowest BCUT2D eigenvalue weighted by Gasteiger charge is -2.30. The molecule has 1 amide bonds. The molecule has 130 valence electrons. The summed E-state index contributed by atoms with van der Waals surface area (Å²) in [6, 6.07) is 9.06. The summed E-state index contributed by atoms with van der Waals surface area (Å²) in [7, 11) is 0. The quantitative estimate of drug-likeness (QED) is 0.820. The number of ether oxygens (including phenoxy) is 1. The first-order valence-electron chi connectivity index (χ1n) is 8.26. The van der Waals surface area contributed by atoms with Crippen molar-refractivity contribution in [3.05, 3.63) is 53.9 Å². The molecule has 0 fully saturated rings. The van der Waals surface area contributed by atoms with Crippen LogP contribution in [0.4, 0.5) is 5.69 Å². The van der Waals surface area contributed by atoms with Gasteiger partial charge in [-0.05, 0) is 35.2 Å². The fourth-order valence-electron chi connectivity index (χ4n) is 2.91. The van der Waals surface area contributed by atoms with E-state index in [2.05, 4.69) is 4.98 Å². The maximum Gasteiger partial charge on any atom is 0.272 e. The van der Waals surface area contributed by atoms with Gasteiger partial charge >= 0.3 is 0 Å². The highest BCUT2D eigenvalue weighted by Crippen LogP contribution is 2.33. The van der Waals surface area contributed by atoms with E-state index in [1.807, 2.05) is 19.1 Å². The van der Waals surface area contributed by atoms with Crippen molar-refractivity contribution in [2.75, 3.05) is 18.1 Å². The minimum Gasteiger partial charge on any atom is -0.490 e. The molecule has 1 aromatic heterocycles. The molecule has 6 heteroatoms. The Morgan fingerprint density at radius 3 is 3.00 bits per heavy atom. The van der Waals surface area contributed by atoms with E-state index in [9.17, 15) is 9.90 Å². The molecule has 1 aliphatic rings. The Balaban J connectivity index is 1.76. The van der Waals surface area contributed by atoms with Gasteiger partial charge in [0, 0.05) is 18.8 Å². The van der Waals surface area contributed by atoms with Gasteiger partial charge in [-0.1, -0.05) is 19.1 Å². The van der Waals surface area contributed by atoms with E-state index in [0.717, 1.165) is 5.56 Å². The lowest BCUT2D eigenvalue weighted by molar-refractivity contribution is -0.113. The molecule has 0 saturated carbocycles. The van der Waals surface area contributed by atoms with Gasteiger partial charge in [0.2, 0.25) is 0 Å². The molecule has 6 nitrogen and oxygen atoms in total. The average Bonchev–Trinajstić information content (AvgIpc) is 2.67. The minimum absolute atomic E-state index is 0.0365. The van der Waals surface area contributed by atoms with Crippen LogP contribution in [0, 0.1) is 5.41 Å². The van der Waals surface area contributed by atoms with Crippen molar-refractivity contribution in [2.45, 2.75) is 25.9 Å². The standard InChI is InChI=1S/C19H21N3O3/c1-13(15-3-2-6-21-11-15)9-16(20)19(24)22-7-8-25-18-5-4-14(12-23)10-17(18)22/h2-6,10-11,13,20,23H,7-9,12H2,1H3. The molecule has 0 saturated heterocycles. The van der Waals surface area contributed by atoms with Gasteiger partial charge in [0.25, 0.3) is 5.91 Å². The number of nitrogens with zero attached hydrogens (tertiary/aromatic N) is 2. The zero-order chi connectivity index (χ0) is 17.8. The maximum atomic E-state index is 12.8. The molecule has 0 radical (unpaired) electrons. The molecule has 1 unspecified atom stereocenters. The smallest absolute Gasteiger partial charge is 0.272 e. The van der Waals surface area contributed by atoms with E-state index in [1.165, 1.54) is 0 Å². The number of rotatable bonds is 5. The number of benzene rings is 1. The SMILES string of the molecule is CC(CC(=N)C(=O)N1CCOc2ccc(CO)cc21)c1cccnc1. The van der Waals surface area contributed by atoms with Gasteiger partial charge in [0.05, 0.1) is 24.6 Å². The van der Waals surface area contributed by atoms with Gasteiger partial charge in [-0.25, -0.2) is 0 Å². The number of fused-ring (bicyclic) bond motifs is 1. The molecule has 1 aliphatic heterocycles. The Bertz CT molecular complexity index is 777. The summed E-state index contributed by atoms with van der Waals surface area (Å²) in [6.45, 7) is 2.66. The van der Waals surface area contributed by atoms with Crippen molar-refractivity contribution in [1.29, 1.82) is 5.41 Å². The molecule has 3 rings (SSSR count). The Morgan fingerprint density at radius 2 is 2.28 bits per heavy atom. The lowest BCUT2D eigenvalue weighted by atomic mass is 9.96. The highest BCUT2D eigenvalue weighted by Gasteiger charge is 2.27. The first-order chi connectivity index (χ1) is 12.1. The summed E-state index contributed by atoms with van der Waals surface area (Å²) >= 11 is 0. The molecule has 0 aliphatic carbocycles. The van der Waals surface area contributed by atoms with E-state index in [1.54, 1.807) is 35.5 Å². The third-order valence-electron chi connectivity index (χ3n) is 4.34. The van der Waals surface area contributed by atoms with E-state index in [-0.39, 0.29) is 24.1 Å². The molecule has 0 bridgehead atoms. The van der Waals surface area contributed by atoms with E-state index >= 15 is 0 Å². The number of hydrogen-bond donors (Lipinski definition) is 2. The molecule has 1 atom stereocenters. The summed E-state index contributed by atoms with van der Waals surface area (Å²) < 4.78 is 5.58. The van der Waals surface area contributed by atoms with Crippen LogP contribution in [0.2, 0.25) is 0 Å². The zero-order valence-electron chi connectivity index (χ0n) is 14.1. The monoisotopic (exact) mass is 339 g/mol. The highest BCUT2D eigenvalue weighted by molar-refractivity contribution is 6.42. The predicted octanol–water partition coefficient (Wildman–Crippen LogP) is 2.51. The van der Waals surface area contributed by atoms with E-state index in [4.69, 9.17) is 10.1 Å². The summed E-state index contributed by atoms with van der Waals surface area (Å²) in [5.74, 6) is 0.315. The number of hydrogen-bond acceptors (Lipinski definition) is 5. The topological polar surface area (TPSA) is 86.5 Å². The number of amides is 1. The number of anilines is 1. The van der Waals surface area contributed by atoms with Crippen molar-refractivity contribution in [1.82, 2.24) is 4.98 Å². The van der Waals surface area contributed by atoms with Crippen molar-refractivity contribution >= 4 is 17.3 Å². The van der Waals surface area contributed by atoms with Crippen molar-refractivity contribution in [2.24, 2.45) is 0 Å². The van der Waals surface area contributed by atoms with Gasteiger partial charge in [-0.3, -0.25) is 15.2 Å². The van der Waals surface area contributed by atoms with Crippen LogP contribution >= 0.6 is 0 Å². The first-order valence-corrected chi connectivity index (χ1v) is 8.26. The Kier molecular flexibility index (Phi) is 5.09. The molecule has 2 aromatic rings. The lowest BCUT2D eigenvalue weighted by Crippen LogP contribution is -2.42. The number of pyridine rings is 1. The van der Waals surface area contributed by atoms with Crippen molar-refractivity contribution in [3.8, 4) is 5.75 Å². The van der Waals surface area contributed by atoms with Crippen LogP contribution in [0.1, 0.15) is 30.4 Å². The second-order valence-electron chi connectivity index (χ2n) is 6.14. The molecule has 2 N–H and O–H groups in total. The highest BCUT2D eigenvalue weighted by atomic mass is 16.5. The second-order valence-corrected chi connectivity index (χ2v) is 6.14. The molecular weight excluding hydrogens is 318 g/mol. The fraction of sp³-hybridized carbons (Fsp3) is 0.316. The zero-order valence-corrected chi connectivity index (χ0v) is 14.1. The molecule has 2 heterocycles. The number of aliphatic hydroxyl groups excluding tert-OH is 1. The third-order valence-corrected chi connectivity index (χ3v) is 4.34. The van der Waals surface area contributed by atoms with Gasteiger partial charge in [-0.15, -0.1) is 0 Å². The molecule has 1 aromatic carbocycles. The predicted molar refractivity (Wildman–Crippen MR) is 95.2 cm³/mol. The van der Waals surface area contributed by atoms with Crippen LogP contribution in [0.5, 0.6) is 5.75 Å². The second kappa shape index (κ2) is 7.44. The van der Waals surface area contributed by atoms with Crippen LogP contribution in [0.3, 0.4) is 0 Å². The van der Waals surface area contributed by atoms with Crippen LogP contribution in [0.25, 0.3) is 0 Å². The third kappa shape index (κ3) is 3.69. The number of nitrogens with one attached hydrogen (secondary N) is 1. The summed E-state index contributed by atoms with van der Waals surface area (Å²) in [5, 5.41) is 17.6. The molecular formula is C19H21N3O3. The van der Waals surface area contributed by atoms with E-state index < -0.39 is 0 Å². The van der Waals surface area contributed by atoms with Crippen LogP contribution < -0.4 is 9.64 Å². The van der Waals surface area contributed by atoms with Crippen LogP contribution in [-0.4, -0.2) is 34.9 Å². The van der Waals surface area contributed by atoms with Gasteiger partial charge < -0.3 is 14.7 Å². The Hall–Kier alpha value is -2.73. The number of carbonyl (C=O) groups excluding carboxylic acids is 1. The first kappa shape index (κ1) is 17.1. The van der Waals surface area contributed by atoms with Crippen molar-refractivity contribution in [3.63, 3.8) is 0 Å². The summed E-state index contributed by atoms with van der Waals surface area (Å²) in [5.41, 5.74) is 2.38. The summed E-state index contributed by atoms with van der Waals surface area (Å²) in [4.78, 5) is 18.5. The molecule has 0 spiro atoms. The maximum absolute atomic E-state index is 12.8. The minimum atomic E-state index is -0.324. The number of aromatic nitrogens is 1. The molecule has 25 heavy (non-hydrogen) atoms. The average molecular weight is 339 g/mol. The van der Waals surface area contributed by atoms with Gasteiger partial charge in [-0.2, -0.15) is 0 Å².